The maximum atomic E-state index is 13.0. The molecule has 3 aromatic rings. The van der Waals surface area contributed by atoms with Gasteiger partial charge in [-0.3, -0.25) is 4.79 Å². The molecule has 10 heteroatoms. The zero-order valence-electron chi connectivity index (χ0n) is 15.4. The normalized spacial score (nSPS) is 17.7. The van der Waals surface area contributed by atoms with Gasteiger partial charge in [-0.15, -0.1) is 0 Å². The van der Waals surface area contributed by atoms with Crippen molar-refractivity contribution in [3.05, 3.63) is 52.0 Å². The number of anilines is 1. The summed E-state index contributed by atoms with van der Waals surface area (Å²) in [6.07, 6.45) is 1.07. The summed E-state index contributed by atoms with van der Waals surface area (Å²) in [4.78, 5) is 17.4. The number of hydrogen-bond acceptors (Lipinski definition) is 5. The summed E-state index contributed by atoms with van der Waals surface area (Å²) in [7, 11) is -3.76. The summed E-state index contributed by atoms with van der Waals surface area (Å²) in [6, 6.07) is 9.28. The van der Waals surface area contributed by atoms with Gasteiger partial charge in [0.25, 0.3) is 0 Å². The first-order valence-corrected chi connectivity index (χ1v) is 11.9. The third kappa shape index (κ3) is 3.87. The fourth-order valence-electron chi connectivity index (χ4n) is 3.31. The van der Waals surface area contributed by atoms with Crippen LogP contribution in [0, 0.1) is 6.92 Å². The van der Waals surface area contributed by atoms with Crippen LogP contribution in [0.2, 0.25) is 10.0 Å². The van der Waals surface area contributed by atoms with E-state index in [2.05, 4.69) is 10.3 Å². The number of hydrogen-bond donors (Lipinski definition) is 1. The molecule has 2 heterocycles. The van der Waals surface area contributed by atoms with Crippen LogP contribution in [-0.4, -0.2) is 36.2 Å². The van der Waals surface area contributed by atoms with E-state index in [0.717, 1.165) is 10.3 Å². The minimum Gasteiger partial charge on any atom is -0.301 e. The number of carbonyl (C=O) groups excluding carboxylic acids is 1. The van der Waals surface area contributed by atoms with Gasteiger partial charge in [0, 0.05) is 6.54 Å². The molecule has 0 radical (unpaired) electrons. The highest BCUT2D eigenvalue weighted by molar-refractivity contribution is 7.89. The maximum absolute atomic E-state index is 13.0. The Bertz CT molecular complexity index is 1190. The average Bonchev–Trinajstić information content (AvgIpc) is 3.33. The number of aryl methyl sites for hydroxylation is 1. The molecule has 0 aliphatic carbocycles. The van der Waals surface area contributed by atoms with E-state index in [9.17, 15) is 13.2 Å². The first-order valence-electron chi connectivity index (χ1n) is 8.91. The van der Waals surface area contributed by atoms with Crippen molar-refractivity contribution in [3.8, 4) is 0 Å². The highest BCUT2D eigenvalue weighted by atomic mass is 35.5. The van der Waals surface area contributed by atoms with Gasteiger partial charge in [0.1, 0.15) is 11.6 Å². The van der Waals surface area contributed by atoms with Gasteiger partial charge in [-0.05, 0) is 44.0 Å². The van der Waals surface area contributed by atoms with Gasteiger partial charge in [0.2, 0.25) is 15.9 Å². The number of fused-ring (bicyclic) bond motifs is 1. The number of nitrogens with zero attached hydrogens (tertiary/aromatic N) is 2. The van der Waals surface area contributed by atoms with Gasteiger partial charge in [0.15, 0.2) is 5.13 Å². The summed E-state index contributed by atoms with van der Waals surface area (Å²) in [5.74, 6) is -0.403. The Morgan fingerprint density at radius 2 is 1.93 bits per heavy atom. The van der Waals surface area contributed by atoms with E-state index < -0.39 is 22.0 Å². The van der Waals surface area contributed by atoms with Gasteiger partial charge in [-0.2, -0.15) is 4.31 Å². The van der Waals surface area contributed by atoms with Crippen molar-refractivity contribution in [2.45, 2.75) is 30.7 Å². The van der Waals surface area contributed by atoms with Crippen molar-refractivity contribution in [3.63, 3.8) is 0 Å². The second-order valence-electron chi connectivity index (χ2n) is 6.80. The molecule has 29 heavy (non-hydrogen) atoms. The molecule has 152 valence electrons. The average molecular weight is 470 g/mol. The molecule has 1 atom stereocenters. The summed E-state index contributed by atoms with van der Waals surface area (Å²) < 4.78 is 28.1. The standard InChI is InChI=1S/C19H17Cl2N3O3S2/c1-11-4-6-12(7-5-11)29(26,27)24-10-2-3-14(24)18(25)23-19-22-17-15(28-19)9-8-13(20)16(17)21/h4-9,14H,2-3,10H2,1H3,(H,22,23,25). The molecule has 1 amide bonds. The van der Waals surface area contributed by atoms with Crippen molar-refractivity contribution >= 4 is 65.8 Å². The summed E-state index contributed by atoms with van der Waals surface area (Å²) in [5, 5.41) is 3.81. The summed E-state index contributed by atoms with van der Waals surface area (Å²) in [5.41, 5.74) is 1.48. The Morgan fingerprint density at radius 1 is 1.21 bits per heavy atom. The zero-order valence-corrected chi connectivity index (χ0v) is 18.5. The van der Waals surface area contributed by atoms with Gasteiger partial charge >= 0.3 is 0 Å². The minimum atomic E-state index is -3.76. The minimum absolute atomic E-state index is 0.184. The lowest BCUT2D eigenvalue weighted by Crippen LogP contribution is -2.43. The maximum Gasteiger partial charge on any atom is 0.244 e. The molecule has 0 saturated carbocycles. The number of sulfonamides is 1. The van der Waals surface area contributed by atoms with Gasteiger partial charge in [0.05, 0.1) is 19.6 Å². The van der Waals surface area contributed by atoms with Crippen LogP contribution >= 0.6 is 34.5 Å². The number of thiazole rings is 1. The van der Waals surface area contributed by atoms with Gasteiger partial charge in [-0.25, -0.2) is 13.4 Å². The van der Waals surface area contributed by atoms with E-state index in [4.69, 9.17) is 23.2 Å². The zero-order chi connectivity index (χ0) is 20.8. The SMILES string of the molecule is Cc1ccc(S(=O)(=O)N2CCCC2C(=O)Nc2nc3c(Cl)c(Cl)ccc3s2)cc1. The third-order valence-corrected chi connectivity index (χ3v) is 8.47. The Labute approximate surface area is 182 Å². The van der Waals surface area contributed by atoms with Crippen LogP contribution in [0.3, 0.4) is 0 Å². The van der Waals surface area contributed by atoms with Crippen LogP contribution in [0.5, 0.6) is 0 Å². The van der Waals surface area contributed by atoms with E-state index in [0.29, 0.717) is 40.1 Å². The topological polar surface area (TPSA) is 79.4 Å². The molecule has 2 aromatic carbocycles. The van der Waals surface area contributed by atoms with Crippen LogP contribution < -0.4 is 5.32 Å². The summed E-state index contributed by atoms with van der Waals surface area (Å²) >= 11 is 13.5. The molecular formula is C19H17Cl2N3O3S2. The molecule has 0 spiro atoms. The predicted octanol–water partition coefficient (Wildman–Crippen LogP) is 4.70. The lowest BCUT2D eigenvalue weighted by Gasteiger charge is -2.23. The van der Waals surface area contributed by atoms with E-state index in [1.165, 1.54) is 15.6 Å². The lowest BCUT2D eigenvalue weighted by atomic mass is 10.2. The number of amides is 1. The smallest absolute Gasteiger partial charge is 0.244 e. The molecule has 1 aromatic heterocycles. The van der Waals surface area contributed by atoms with Crippen LogP contribution in [0.1, 0.15) is 18.4 Å². The fourth-order valence-corrected chi connectivity index (χ4v) is 6.26. The highest BCUT2D eigenvalue weighted by Gasteiger charge is 2.39. The van der Waals surface area contributed by atoms with E-state index in [-0.39, 0.29) is 4.90 Å². The largest absolute Gasteiger partial charge is 0.301 e. The first kappa shape index (κ1) is 20.6. The third-order valence-electron chi connectivity index (χ3n) is 4.82. The monoisotopic (exact) mass is 469 g/mol. The van der Waals surface area contributed by atoms with Gasteiger partial charge < -0.3 is 5.32 Å². The Kier molecular flexibility index (Phi) is 5.56. The van der Waals surface area contributed by atoms with Gasteiger partial charge in [-0.1, -0.05) is 52.2 Å². The number of carbonyl (C=O) groups is 1. The Balaban J connectivity index is 1.58. The number of nitrogens with one attached hydrogen (secondary N) is 1. The lowest BCUT2D eigenvalue weighted by molar-refractivity contribution is -0.119. The van der Waals surface area contributed by atoms with Crippen LogP contribution in [0.4, 0.5) is 5.13 Å². The highest BCUT2D eigenvalue weighted by Crippen LogP contribution is 2.35. The first-order chi connectivity index (χ1) is 13.8. The number of rotatable bonds is 4. The quantitative estimate of drug-likeness (QED) is 0.600. The van der Waals surface area contributed by atoms with Crippen molar-refractivity contribution in [2.24, 2.45) is 0 Å². The second kappa shape index (κ2) is 7.85. The fraction of sp³-hybridized carbons (Fsp3) is 0.263. The predicted molar refractivity (Wildman–Crippen MR) is 116 cm³/mol. The molecule has 1 aliphatic heterocycles. The molecule has 1 N–H and O–H groups in total. The van der Waals surface area contributed by atoms with Crippen molar-refractivity contribution < 1.29 is 13.2 Å². The van der Waals surface area contributed by atoms with Crippen LogP contribution in [0.25, 0.3) is 10.2 Å². The van der Waals surface area contributed by atoms with Crippen molar-refractivity contribution in [1.82, 2.24) is 9.29 Å². The molecule has 6 nitrogen and oxygen atoms in total. The van der Waals surface area contributed by atoms with E-state index in [1.807, 2.05) is 6.92 Å². The molecule has 1 fully saturated rings. The molecule has 1 saturated heterocycles. The Hall–Kier alpha value is -1.71. The van der Waals surface area contributed by atoms with Crippen molar-refractivity contribution in [2.75, 3.05) is 11.9 Å². The van der Waals surface area contributed by atoms with Crippen LogP contribution in [0.15, 0.2) is 41.3 Å². The van der Waals surface area contributed by atoms with E-state index >= 15 is 0 Å². The molecule has 0 bridgehead atoms. The Morgan fingerprint density at radius 3 is 2.66 bits per heavy atom. The second-order valence-corrected chi connectivity index (χ2v) is 10.5. The van der Waals surface area contributed by atoms with Crippen molar-refractivity contribution in [1.29, 1.82) is 0 Å². The number of halogens is 2. The van der Waals surface area contributed by atoms with E-state index in [1.54, 1.807) is 36.4 Å². The molecule has 4 rings (SSSR count). The molecule has 1 unspecified atom stereocenters. The number of benzene rings is 2. The molecular weight excluding hydrogens is 453 g/mol. The van der Waals surface area contributed by atoms with Crippen LogP contribution in [-0.2, 0) is 14.8 Å². The number of aromatic nitrogens is 1. The summed E-state index contributed by atoms with van der Waals surface area (Å²) in [6.45, 7) is 2.19. The molecule has 1 aliphatic rings.